The van der Waals surface area contributed by atoms with Crippen LogP contribution in [-0.2, 0) is 0 Å². The number of nitro groups is 1. The zero-order valence-electron chi connectivity index (χ0n) is 9.24. The van der Waals surface area contributed by atoms with Crippen molar-refractivity contribution < 1.29 is 4.92 Å². The van der Waals surface area contributed by atoms with Crippen molar-refractivity contribution in [1.82, 2.24) is 0 Å². The summed E-state index contributed by atoms with van der Waals surface area (Å²) >= 11 is 11.6. The Morgan fingerprint density at radius 2 is 2.12 bits per heavy atom. The summed E-state index contributed by atoms with van der Waals surface area (Å²) in [6, 6.07) is 2.73. The molecule has 0 spiro atoms. The predicted molar refractivity (Wildman–Crippen MR) is 71.0 cm³/mol. The molecule has 17 heavy (non-hydrogen) atoms. The van der Waals surface area contributed by atoms with Crippen LogP contribution >= 0.6 is 23.2 Å². The molecule has 92 valence electrons. The fraction of sp³-hybridized carbons (Fsp3) is 0.273. The first kappa shape index (κ1) is 13.8. The predicted octanol–water partition coefficient (Wildman–Crippen LogP) is 4.28. The molecule has 0 aliphatic carbocycles. The minimum Gasteiger partial charge on any atom is -0.377 e. The van der Waals surface area contributed by atoms with Crippen molar-refractivity contribution in [3.05, 3.63) is 44.9 Å². The lowest BCUT2D eigenvalue weighted by Gasteiger charge is -2.14. The number of anilines is 1. The van der Waals surface area contributed by atoms with Crippen molar-refractivity contribution in [3.8, 4) is 0 Å². The van der Waals surface area contributed by atoms with E-state index in [4.69, 9.17) is 23.2 Å². The van der Waals surface area contributed by atoms with Crippen molar-refractivity contribution in [2.75, 3.05) is 5.32 Å². The van der Waals surface area contributed by atoms with Crippen LogP contribution in [0.5, 0.6) is 0 Å². The van der Waals surface area contributed by atoms with Crippen LogP contribution in [0.25, 0.3) is 0 Å². The maximum Gasteiger partial charge on any atom is 0.293 e. The van der Waals surface area contributed by atoms with E-state index in [1.165, 1.54) is 12.1 Å². The lowest BCUT2D eigenvalue weighted by atomic mass is 10.2. The molecule has 1 N–H and O–H groups in total. The van der Waals surface area contributed by atoms with Crippen LogP contribution in [-0.4, -0.2) is 11.0 Å². The molecular formula is C11H12Cl2N2O2. The molecule has 1 rings (SSSR count). The van der Waals surface area contributed by atoms with Gasteiger partial charge in [-0.15, -0.1) is 6.58 Å². The van der Waals surface area contributed by atoms with E-state index >= 15 is 0 Å². The highest BCUT2D eigenvalue weighted by atomic mass is 35.5. The summed E-state index contributed by atoms with van der Waals surface area (Å²) in [4.78, 5) is 10.4. The van der Waals surface area contributed by atoms with Gasteiger partial charge in [0.05, 0.1) is 15.0 Å². The maximum absolute atomic E-state index is 10.9. The summed E-state index contributed by atoms with van der Waals surface area (Å²) < 4.78 is 0. The molecule has 1 aromatic carbocycles. The smallest absolute Gasteiger partial charge is 0.293 e. The van der Waals surface area contributed by atoms with Gasteiger partial charge in [0.15, 0.2) is 0 Å². The molecule has 0 aliphatic heterocycles. The first-order valence-electron chi connectivity index (χ1n) is 4.96. The van der Waals surface area contributed by atoms with Crippen LogP contribution in [0.15, 0.2) is 24.8 Å². The van der Waals surface area contributed by atoms with E-state index in [0.717, 1.165) is 0 Å². The molecule has 0 radical (unpaired) electrons. The van der Waals surface area contributed by atoms with E-state index < -0.39 is 4.92 Å². The van der Waals surface area contributed by atoms with Crippen LogP contribution in [0, 0.1) is 10.1 Å². The van der Waals surface area contributed by atoms with Gasteiger partial charge in [-0.3, -0.25) is 10.1 Å². The molecule has 0 heterocycles. The van der Waals surface area contributed by atoms with E-state index in [1.807, 2.05) is 6.92 Å². The Morgan fingerprint density at radius 3 is 2.65 bits per heavy atom. The zero-order valence-corrected chi connectivity index (χ0v) is 10.8. The molecule has 1 atom stereocenters. The van der Waals surface area contributed by atoms with Gasteiger partial charge in [-0.25, -0.2) is 0 Å². The molecule has 4 nitrogen and oxygen atoms in total. The second-order valence-corrected chi connectivity index (χ2v) is 4.42. The Kier molecular flexibility index (Phi) is 4.78. The lowest BCUT2D eigenvalue weighted by Crippen LogP contribution is -2.14. The standard InChI is InChI=1S/C11H12Cl2N2O2/c1-3-4-7(2)14-10-5-8(12)9(13)6-11(10)15(16)17/h3,5-7,14H,1,4H2,2H3. The Balaban J connectivity index is 3.08. The first-order valence-corrected chi connectivity index (χ1v) is 5.72. The van der Waals surface area contributed by atoms with Crippen molar-refractivity contribution in [2.24, 2.45) is 0 Å². The van der Waals surface area contributed by atoms with E-state index in [9.17, 15) is 10.1 Å². The third-order valence-corrected chi connectivity index (χ3v) is 2.88. The largest absolute Gasteiger partial charge is 0.377 e. The number of nitro benzene ring substituents is 1. The summed E-state index contributed by atoms with van der Waals surface area (Å²) in [6.45, 7) is 5.51. The van der Waals surface area contributed by atoms with Crippen LogP contribution in [0.2, 0.25) is 10.0 Å². The number of hydrogen-bond acceptors (Lipinski definition) is 3. The van der Waals surface area contributed by atoms with Crippen molar-refractivity contribution in [1.29, 1.82) is 0 Å². The fourth-order valence-corrected chi connectivity index (χ4v) is 1.70. The summed E-state index contributed by atoms with van der Waals surface area (Å²) in [5.41, 5.74) is 0.272. The molecule has 0 amide bonds. The Hall–Kier alpha value is -1.26. The van der Waals surface area contributed by atoms with Crippen molar-refractivity contribution in [3.63, 3.8) is 0 Å². The number of rotatable bonds is 5. The van der Waals surface area contributed by atoms with Gasteiger partial charge < -0.3 is 5.32 Å². The van der Waals surface area contributed by atoms with Gasteiger partial charge in [0.25, 0.3) is 5.69 Å². The Morgan fingerprint density at radius 1 is 1.53 bits per heavy atom. The highest BCUT2D eigenvalue weighted by molar-refractivity contribution is 6.42. The second kappa shape index (κ2) is 5.89. The quantitative estimate of drug-likeness (QED) is 0.495. The van der Waals surface area contributed by atoms with Gasteiger partial charge >= 0.3 is 0 Å². The van der Waals surface area contributed by atoms with Gasteiger partial charge in [-0.2, -0.15) is 0 Å². The van der Waals surface area contributed by atoms with Gasteiger partial charge in [0.1, 0.15) is 5.69 Å². The van der Waals surface area contributed by atoms with Gasteiger partial charge in [-0.05, 0) is 19.4 Å². The molecular weight excluding hydrogens is 263 g/mol. The molecule has 0 aromatic heterocycles. The highest BCUT2D eigenvalue weighted by Gasteiger charge is 2.17. The molecule has 6 heteroatoms. The van der Waals surface area contributed by atoms with E-state index in [0.29, 0.717) is 12.1 Å². The Labute approximate surface area is 109 Å². The lowest BCUT2D eigenvalue weighted by molar-refractivity contribution is -0.384. The summed E-state index contributed by atoms with van der Waals surface area (Å²) in [5.74, 6) is 0. The van der Waals surface area contributed by atoms with Gasteiger partial charge in [0.2, 0.25) is 0 Å². The third-order valence-electron chi connectivity index (χ3n) is 2.16. The summed E-state index contributed by atoms with van der Waals surface area (Å²) in [5, 5.41) is 14.3. The molecule has 1 unspecified atom stereocenters. The number of halogens is 2. The monoisotopic (exact) mass is 274 g/mol. The highest BCUT2D eigenvalue weighted by Crippen LogP contribution is 2.34. The second-order valence-electron chi connectivity index (χ2n) is 3.61. The van der Waals surface area contributed by atoms with Crippen LogP contribution in [0.3, 0.4) is 0 Å². The average Bonchev–Trinajstić information content (AvgIpc) is 2.23. The van der Waals surface area contributed by atoms with E-state index in [2.05, 4.69) is 11.9 Å². The van der Waals surface area contributed by atoms with E-state index in [-0.39, 0.29) is 21.8 Å². The molecule has 0 saturated carbocycles. The number of nitrogens with one attached hydrogen (secondary N) is 1. The first-order chi connectivity index (χ1) is 7.95. The maximum atomic E-state index is 10.9. The number of nitrogens with zero attached hydrogens (tertiary/aromatic N) is 1. The van der Waals surface area contributed by atoms with Crippen molar-refractivity contribution >= 4 is 34.6 Å². The molecule has 0 aliphatic rings. The minimum atomic E-state index is -0.495. The zero-order chi connectivity index (χ0) is 13.0. The SMILES string of the molecule is C=CCC(C)Nc1cc(Cl)c(Cl)cc1[N+](=O)[O-]. The average molecular weight is 275 g/mol. The summed E-state index contributed by atoms with van der Waals surface area (Å²) in [7, 11) is 0. The molecule has 1 aromatic rings. The van der Waals surface area contributed by atoms with Gasteiger partial charge in [-0.1, -0.05) is 29.3 Å². The number of hydrogen-bond donors (Lipinski definition) is 1. The molecule has 0 bridgehead atoms. The third kappa shape index (κ3) is 3.61. The minimum absolute atomic E-state index is 0.0310. The molecule has 0 saturated heterocycles. The topological polar surface area (TPSA) is 55.2 Å². The Bertz CT molecular complexity index is 449. The van der Waals surface area contributed by atoms with Gasteiger partial charge in [0, 0.05) is 12.1 Å². The van der Waals surface area contributed by atoms with Crippen molar-refractivity contribution in [2.45, 2.75) is 19.4 Å². The van der Waals surface area contributed by atoms with E-state index in [1.54, 1.807) is 6.08 Å². The summed E-state index contributed by atoms with van der Waals surface area (Å²) in [6.07, 6.45) is 2.43. The normalized spacial score (nSPS) is 11.9. The van der Waals surface area contributed by atoms with Crippen LogP contribution in [0.1, 0.15) is 13.3 Å². The fourth-order valence-electron chi connectivity index (χ4n) is 1.38. The van der Waals surface area contributed by atoms with Crippen LogP contribution in [0.4, 0.5) is 11.4 Å². The van der Waals surface area contributed by atoms with Crippen LogP contribution < -0.4 is 5.32 Å². The molecule has 0 fully saturated rings. The number of benzene rings is 1.